The first kappa shape index (κ1) is 15.1. The molecule has 0 aliphatic carbocycles. The van der Waals surface area contributed by atoms with Crippen molar-refractivity contribution in [1.82, 2.24) is 0 Å². The summed E-state index contributed by atoms with van der Waals surface area (Å²) in [5.74, 6) is 0.304. The third-order valence-electron chi connectivity index (χ3n) is 4.58. The maximum Gasteiger partial charge on any atom is 0.269 e. The molecule has 1 saturated heterocycles. The number of nitro benzene ring substituents is 1. The van der Waals surface area contributed by atoms with Gasteiger partial charge in [0.25, 0.3) is 5.69 Å². The van der Waals surface area contributed by atoms with Crippen LogP contribution in [-0.4, -0.2) is 18.0 Å². The summed E-state index contributed by atoms with van der Waals surface area (Å²) in [4.78, 5) is 12.8. The molecule has 0 aromatic heterocycles. The average molecular weight is 297 g/mol. The molecule has 0 N–H and O–H groups in total. The lowest BCUT2D eigenvalue weighted by molar-refractivity contribution is -0.384. The van der Waals surface area contributed by atoms with Gasteiger partial charge in [-0.25, -0.2) is 0 Å². The topological polar surface area (TPSA) is 46.4 Å². The number of non-ortho nitro benzene ring substituents is 1. The second-order valence-corrected chi connectivity index (χ2v) is 6.12. The molecule has 2 rings (SSSR count). The Kier molecular flexibility index (Phi) is 4.53. The van der Waals surface area contributed by atoms with Gasteiger partial charge in [0.05, 0.1) is 4.92 Å². The van der Waals surface area contributed by atoms with Crippen molar-refractivity contribution >= 4 is 23.0 Å². The Morgan fingerprint density at radius 2 is 2.05 bits per heavy atom. The van der Waals surface area contributed by atoms with E-state index in [0.29, 0.717) is 11.3 Å². The van der Waals surface area contributed by atoms with Gasteiger partial charge in [0.15, 0.2) is 0 Å². The molecule has 0 saturated carbocycles. The summed E-state index contributed by atoms with van der Waals surface area (Å²) in [5, 5.41) is 10.8. The Labute approximate surface area is 124 Å². The van der Waals surface area contributed by atoms with Crippen molar-refractivity contribution in [1.29, 1.82) is 0 Å². The Morgan fingerprint density at radius 3 is 2.55 bits per heavy atom. The van der Waals surface area contributed by atoms with Gasteiger partial charge in [-0.15, -0.1) is 11.6 Å². The van der Waals surface area contributed by atoms with E-state index in [0.717, 1.165) is 37.2 Å². The van der Waals surface area contributed by atoms with Gasteiger partial charge < -0.3 is 4.90 Å². The lowest BCUT2D eigenvalue weighted by Crippen LogP contribution is -2.38. The molecule has 1 aromatic carbocycles. The second kappa shape index (κ2) is 6.00. The van der Waals surface area contributed by atoms with Crippen molar-refractivity contribution in [3.8, 4) is 0 Å². The van der Waals surface area contributed by atoms with Crippen LogP contribution in [0.2, 0.25) is 0 Å². The molecule has 0 spiro atoms. The standard InChI is InChI=1S/C15H21ClN2O2/c1-3-15(2)6-8-17(9-7-15)14-5-4-13(18(19)20)10-12(14)11-16/h4-5,10H,3,6-9,11H2,1-2H3. The molecular weight excluding hydrogens is 276 g/mol. The van der Waals surface area contributed by atoms with Crippen molar-refractivity contribution in [2.75, 3.05) is 18.0 Å². The van der Waals surface area contributed by atoms with Crippen LogP contribution < -0.4 is 4.90 Å². The van der Waals surface area contributed by atoms with Crippen LogP contribution in [0.5, 0.6) is 0 Å². The van der Waals surface area contributed by atoms with E-state index < -0.39 is 0 Å². The molecule has 0 atom stereocenters. The average Bonchev–Trinajstić information content (AvgIpc) is 2.47. The van der Waals surface area contributed by atoms with Gasteiger partial charge in [0.1, 0.15) is 0 Å². The zero-order valence-corrected chi connectivity index (χ0v) is 12.8. The summed E-state index contributed by atoms with van der Waals surface area (Å²) < 4.78 is 0. The fourth-order valence-electron chi connectivity index (χ4n) is 2.74. The van der Waals surface area contributed by atoms with Crippen molar-refractivity contribution < 1.29 is 4.92 Å². The lowest BCUT2D eigenvalue weighted by atomic mass is 9.78. The summed E-state index contributed by atoms with van der Waals surface area (Å²) in [6.45, 7) is 6.56. The van der Waals surface area contributed by atoms with Gasteiger partial charge in [0, 0.05) is 36.8 Å². The van der Waals surface area contributed by atoms with Crippen LogP contribution in [-0.2, 0) is 5.88 Å². The molecule has 20 heavy (non-hydrogen) atoms. The van der Waals surface area contributed by atoms with Crippen LogP contribution in [0.1, 0.15) is 38.7 Å². The van der Waals surface area contributed by atoms with Gasteiger partial charge in [-0.05, 0) is 29.9 Å². The lowest BCUT2D eigenvalue weighted by Gasteiger charge is -2.40. The van der Waals surface area contributed by atoms with Gasteiger partial charge in [-0.2, -0.15) is 0 Å². The van der Waals surface area contributed by atoms with Crippen LogP contribution in [0, 0.1) is 15.5 Å². The predicted molar refractivity (Wildman–Crippen MR) is 82.5 cm³/mol. The minimum Gasteiger partial charge on any atom is -0.371 e. The molecule has 5 heteroatoms. The maximum atomic E-state index is 10.8. The fourth-order valence-corrected chi connectivity index (χ4v) is 2.96. The number of hydrogen-bond acceptors (Lipinski definition) is 3. The van der Waals surface area contributed by atoms with Gasteiger partial charge in [0.2, 0.25) is 0 Å². The highest BCUT2D eigenvalue weighted by Gasteiger charge is 2.29. The highest BCUT2D eigenvalue weighted by molar-refractivity contribution is 6.17. The normalized spacial score (nSPS) is 18.1. The molecule has 1 fully saturated rings. The molecule has 1 aliphatic rings. The number of nitrogens with zero attached hydrogens (tertiary/aromatic N) is 2. The third-order valence-corrected chi connectivity index (χ3v) is 4.87. The van der Waals surface area contributed by atoms with Crippen LogP contribution in [0.4, 0.5) is 11.4 Å². The zero-order chi connectivity index (χ0) is 14.8. The van der Waals surface area contributed by atoms with Crippen molar-refractivity contribution in [2.24, 2.45) is 5.41 Å². The van der Waals surface area contributed by atoms with Gasteiger partial charge >= 0.3 is 0 Å². The smallest absolute Gasteiger partial charge is 0.269 e. The molecule has 110 valence electrons. The number of piperidine rings is 1. The quantitative estimate of drug-likeness (QED) is 0.471. The van der Waals surface area contributed by atoms with Crippen LogP contribution >= 0.6 is 11.6 Å². The van der Waals surface area contributed by atoms with Crippen molar-refractivity contribution in [3.05, 3.63) is 33.9 Å². The van der Waals surface area contributed by atoms with Gasteiger partial charge in [-0.1, -0.05) is 20.3 Å². The SMILES string of the molecule is CCC1(C)CCN(c2ccc([N+](=O)[O-])cc2CCl)CC1. The predicted octanol–water partition coefficient (Wildman–Crippen LogP) is 4.35. The first-order valence-electron chi connectivity index (χ1n) is 7.07. The van der Waals surface area contributed by atoms with Gasteiger partial charge in [-0.3, -0.25) is 10.1 Å². The molecule has 4 nitrogen and oxygen atoms in total. The van der Waals surface area contributed by atoms with E-state index in [1.54, 1.807) is 12.1 Å². The number of rotatable bonds is 4. The van der Waals surface area contributed by atoms with E-state index in [-0.39, 0.29) is 10.6 Å². The van der Waals surface area contributed by atoms with E-state index in [4.69, 9.17) is 11.6 Å². The summed E-state index contributed by atoms with van der Waals surface area (Å²) >= 11 is 5.96. The molecular formula is C15H21ClN2O2. The minimum absolute atomic E-state index is 0.111. The Balaban J connectivity index is 2.19. The highest BCUT2D eigenvalue weighted by atomic mass is 35.5. The maximum absolute atomic E-state index is 10.8. The van der Waals surface area contributed by atoms with E-state index in [1.165, 1.54) is 6.42 Å². The Morgan fingerprint density at radius 1 is 1.40 bits per heavy atom. The molecule has 0 bridgehead atoms. The molecule has 1 heterocycles. The number of anilines is 1. The molecule has 0 amide bonds. The summed E-state index contributed by atoms with van der Waals surface area (Å²) in [5.41, 5.74) is 2.43. The van der Waals surface area contributed by atoms with Crippen molar-refractivity contribution in [2.45, 2.75) is 39.0 Å². The van der Waals surface area contributed by atoms with Crippen LogP contribution in [0.25, 0.3) is 0 Å². The van der Waals surface area contributed by atoms with Crippen LogP contribution in [0.3, 0.4) is 0 Å². The Bertz CT molecular complexity index is 497. The largest absolute Gasteiger partial charge is 0.371 e. The number of halogens is 1. The number of alkyl halides is 1. The summed E-state index contributed by atoms with van der Waals surface area (Å²) in [6.07, 6.45) is 3.51. The monoisotopic (exact) mass is 296 g/mol. The van der Waals surface area contributed by atoms with E-state index in [9.17, 15) is 10.1 Å². The number of hydrogen-bond donors (Lipinski definition) is 0. The van der Waals surface area contributed by atoms with E-state index in [2.05, 4.69) is 18.7 Å². The first-order valence-corrected chi connectivity index (χ1v) is 7.61. The first-order chi connectivity index (χ1) is 9.49. The number of nitro groups is 1. The molecule has 1 aliphatic heterocycles. The Hall–Kier alpha value is -1.29. The molecule has 0 radical (unpaired) electrons. The number of benzene rings is 1. The highest BCUT2D eigenvalue weighted by Crippen LogP contribution is 2.37. The van der Waals surface area contributed by atoms with E-state index in [1.807, 2.05) is 6.07 Å². The summed E-state index contributed by atoms with van der Waals surface area (Å²) in [6, 6.07) is 5.00. The fraction of sp³-hybridized carbons (Fsp3) is 0.600. The molecule has 0 unspecified atom stereocenters. The van der Waals surface area contributed by atoms with E-state index >= 15 is 0 Å². The minimum atomic E-state index is -0.371. The van der Waals surface area contributed by atoms with Crippen molar-refractivity contribution in [3.63, 3.8) is 0 Å². The second-order valence-electron chi connectivity index (χ2n) is 5.86. The zero-order valence-electron chi connectivity index (χ0n) is 12.1. The molecule has 1 aromatic rings. The summed E-state index contributed by atoms with van der Waals surface area (Å²) in [7, 11) is 0. The van der Waals surface area contributed by atoms with Crippen LogP contribution in [0.15, 0.2) is 18.2 Å². The third kappa shape index (κ3) is 3.06.